The summed E-state index contributed by atoms with van der Waals surface area (Å²) in [6.07, 6.45) is 1.61. The van der Waals surface area contributed by atoms with Crippen molar-refractivity contribution in [2.45, 2.75) is 13.8 Å². The van der Waals surface area contributed by atoms with Crippen LogP contribution in [0.1, 0.15) is 11.1 Å². The Morgan fingerprint density at radius 2 is 1.52 bits per heavy atom. The van der Waals surface area contributed by atoms with Crippen molar-refractivity contribution in [3.05, 3.63) is 76.3 Å². The molecule has 0 radical (unpaired) electrons. The largest absolute Gasteiger partial charge is 0.369 e. The minimum absolute atomic E-state index is 0.127. The molecule has 0 spiro atoms. The van der Waals surface area contributed by atoms with Gasteiger partial charge in [0.25, 0.3) is 5.56 Å². The van der Waals surface area contributed by atoms with E-state index in [1.807, 2.05) is 62.4 Å². The van der Waals surface area contributed by atoms with Crippen LogP contribution in [0.5, 0.6) is 0 Å². The molecule has 0 bridgehead atoms. The maximum Gasteiger partial charge on any atom is 0.286 e. The van der Waals surface area contributed by atoms with Crippen LogP contribution in [0, 0.1) is 13.8 Å². The Bertz CT molecular complexity index is 1160. The fourth-order valence-corrected chi connectivity index (χ4v) is 3.05. The normalized spacial score (nSPS) is 11.1. The summed E-state index contributed by atoms with van der Waals surface area (Å²) in [5, 5.41) is 0. The first-order valence-corrected chi connectivity index (χ1v) is 7.95. The van der Waals surface area contributed by atoms with E-state index in [1.54, 1.807) is 10.9 Å². The molecule has 0 aliphatic rings. The van der Waals surface area contributed by atoms with Crippen LogP contribution in [-0.2, 0) is 0 Å². The van der Waals surface area contributed by atoms with Gasteiger partial charge in [0.15, 0.2) is 11.2 Å². The van der Waals surface area contributed by atoms with Crippen LogP contribution in [-0.4, -0.2) is 19.1 Å². The number of rotatable bonds is 2. The van der Waals surface area contributed by atoms with Gasteiger partial charge in [0.2, 0.25) is 5.95 Å². The lowest BCUT2D eigenvalue weighted by Gasteiger charge is -2.13. The lowest BCUT2D eigenvalue weighted by Crippen LogP contribution is -2.25. The van der Waals surface area contributed by atoms with Crippen molar-refractivity contribution >= 4 is 17.1 Å². The fourth-order valence-electron chi connectivity index (χ4n) is 3.05. The summed E-state index contributed by atoms with van der Waals surface area (Å²) in [5.74, 6) is 0.127. The third-order valence-corrected chi connectivity index (χ3v) is 4.33. The van der Waals surface area contributed by atoms with Crippen molar-refractivity contribution in [3.8, 4) is 11.4 Å². The predicted octanol–water partition coefficient (Wildman–Crippen LogP) is 2.77. The molecular formula is C19H17N5O. The van der Waals surface area contributed by atoms with Gasteiger partial charge in [-0.3, -0.25) is 9.36 Å². The molecule has 0 fully saturated rings. The van der Waals surface area contributed by atoms with E-state index in [9.17, 15) is 4.79 Å². The lowest BCUT2D eigenvalue weighted by molar-refractivity contribution is 0.954. The molecule has 6 heteroatoms. The molecule has 2 aromatic heterocycles. The van der Waals surface area contributed by atoms with E-state index >= 15 is 0 Å². The number of nitrogens with zero attached hydrogens (tertiary/aromatic N) is 4. The Morgan fingerprint density at radius 3 is 2.16 bits per heavy atom. The van der Waals surface area contributed by atoms with E-state index in [2.05, 4.69) is 9.97 Å². The lowest BCUT2D eigenvalue weighted by atomic mass is 10.2. The third kappa shape index (κ3) is 2.30. The van der Waals surface area contributed by atoms with Crippen LogP contribution < -0.4 is 11.3 Å². The summed E-state index contributed by atoms with van der Waals surface area (Å²) in [6, 6.07) is 15.4. The molecule has 4 rings (SSSR count). The fraction of sp³-hybridized carbons (Fsp3) is 0.105. The third-order valence-electron chi connectivity index (χ3n) is 4.33. The number of hydrogen-bond donors (Lipinski definition) is 1. The number of nitrogens with two attached hydrogens (primary N) is 1. The maximum absolute atomic E-state index is 13.3. The Balaban J connectivity index is 2.09. The number of aryl methyl sites for hydroxylation is 2. The van der Waals surface area contributed by atoms with Gasteiger partial charge in [0.05, 0.1) is 11.4 Å². The highest BCUT2D eigenvalue weighted by molar-refractivity contribution is 5.75. The van der Waals surface area contributed by atoms with Crippen molar-refractivity contribution in [2.24, 2.45) is 0 Å². The molecule has 25 heavy (non-hydrogen) atoms. The van der Waals surface area contributed by atoms with E-state index in [-0.39, 0.29) is 11.5 Å². The zero-order chi connectivity index (χ0) is 17.6. The molecule has 0 aliphatic heterocycles. The van der Waals surface area contributed by atoms with Crippen molar-refractivity contribution in [3.63, 3.8) is 0 Å². The van der Waals surface area contributed by atoms with Gasteiger partial charge in [-0.15, -0.1) is 0 Å². The summed E-state index contributed by atoms with van der Waals surface area (Å²) in [7, 11) is 0. The van der Waals surface area contributed by atoms with E-state index in [4.69, 9.17) is 5.73 Å². The first kappa shape index (κ1) is 15.1. The van der Waals surface area contributed by atoms with E-state index in [0.717, 1.165) is 22.5 Å². The number of nitrogen functional groups attached to an aromatic ring is 1. The highest BCUT2D eigenvalue weighted by atomic mass is 16.1. The second-order valence-electron chi connectivity index (χ2n) is 5.97. The van der Waals surface area contributed by atoms with Crippen LogP contribution in [0.4, 0.5) is 5.95 Å². The molecule has 0 saturated heterocycles. The van der Waals surface area contributed by atoms with Crippen LogP contribution in [0.15, 0.2) is 59.7 Å². The highest BCUT2D eigenvalue weighted by Gasteiger charge is 2.17. The molecule has 2 heterocycles. The van der Waals surface area contributed by atoms with E-state index in [1.165, 1.54) is 4.57 Å². The minimum Gasteiger partial charge on any atom is -0.369 e. The molecular weight excluding hydrogens is 314 g/mol. The van der Waals surface area contributed by atoms with Gasteiger partial charge in [-0.1, -0.05) is 36.4 Å². The zero-order valence-electron chi connectivity index (χ0n) is 14.0. The van der Waals surface area contributed by atoms with Crippen molar-refractivity contribution < 1.29 is 0 Å². The molecule has 124 valence electrons. The number of benzene rings is 2. The predicted molar refractivity (Wildman–Crippen MR) is 98.3 cm³/mol. The standard InChI is InChI=1S/C19H17N5O/c1-12-7-3-5-9-14(12)23-11-21-17-16(23)18(25)24(19(20)22-17)15-10-6-4-8-13(15)2/h3-11H,1-2H3,(H2,20,22). The van der Waals surface area contributed by atoms with Crippen LogP contribution in [0.25, 0.3) is 22.5 Å². The first-order valence-electron chi connectivity index (χ1n) is 7.95. The molecule has 0 atom stereocenters. The van der Waals surface area contributed by atoms with Crippen molar-refractivity contribution in [2.75, 3.05) is 5.73 Å². The van der Waals surface area contributed by atoms with Gasteiger partial charge in [-0.2, -0.15) is 4.98 Å². The maximum atomic E-state index is 13.3. The monoisotopic (exact) mass is 331 g/mol. The molecule has 0 amide bonds. The number of fused-ring (bicyclic) bond motifs is 1. The topological polar surface area (TPSA) is 78.7 Å². The summed E-state index contributed by atoms with van der Waals surface area (Å²) < 4.78 is 3.21. The molecule has 0 aliphatic carbocycles. The Kier molecular flexibility index (Phi) is 3.39. The Hall–Kier alpha value is -3.41. The minimum atomic E-state index is -0.238. The number of imidazole rings is 1. The second-order valence-corrected chi connectivity index (χ2v) is 5.97. The van der Waals surface area contributed by atoms with Gasteiger partial charge in [0, 0.05) is 0 Å². The number of para-hydroxylation sites is 2. The molecule has 6 nitrogen and oxygen atoms in total. The number of anilines is 1. The molecule has 0 saturated carbocycles. The summed E-state index contributed by atoms with van der Waals surface area (Å²) in [4.78, 5) is 21.9. The van der Waals surface area contributed by atoms with Crippen molar-refractivity contribution in [1.29, 1.82) is 0 Å². The number of aromatic nitrogens is 4. The summed E-state index contributed by atoms with van der Waals surface area (Å²) in [6.45, 7) is 3.93. The average molecular weight is 331 g/mol. The number of hydrogen-bond acceptors (Lipinski definition) is 4. The van der Waals surface area contributed by atoms with E-state index < -0.39 is 0 Å². The summed E-state index contributed by atoms with van der Waals surface area (Å²) in [5.41, 5.74) is 10.2. The molecule has 4 aromatic rings. The molecule has 0 unspecified atom stereocenters. The summed E-state index contributed by atoms with van der Waals surface area (Å²) >= 11 is 0. The van der Waals surface area contributed by atoms with E-state index in [0.29, 0.717) is 11.2 Å². The quantitative estimate of drug-likeness (QED) is 0.612. The van der Waals surface area contributed by atoms with Crippen LogP contribution >= 0.6 is 0 Å². The van der Waals surface area contributed by atoms with Gasteiger partial charge in [-0.25, -0.2) is 9.55 Å². The average Bonchev–Trinajstić information content (AvgIpc) is 3.00. The van der Waals surface area contributed by atoms with Gasteiger partial charge in [0.1, 0.15) is 6.33 Å². The van der Waals surface area contributed by atoms with Crippen molar-refractivity contribution in [1.82, 2.24) is 19.1 Å². The second kappa shape index (κ2) is 5.59. The Morgan fingerprint density at radius 1 is 0.920 bits per heavy atom. The van der Waals surface area contributed by atoms with Gasteiger partial charge < -0.3 is 5.73 Å². The Labute approximate surface area is 144 Å². The van der Waals surface area contributed by atoms with Crippen LogP contribution in [0.3, 0.4) is 0 Å². The smallest absolute Gasteiger partial charge is 0.286 e. The first-order chi connectivity index (χ1) is 12.1. The van der Waals surface area contributed by atoms with Gasteiger partial charge >= 0.3 is 0 Å². The van der Waals surface area contributed by atoms with Gasteiger partial charge in [-0.05, 0) is 37.1 Å². The highest BCUT2D eigenvalue weighted by Crippen LogP contribution is 2.20. The van der Waals surface area contributed by atoms with Crippen LogP contribution in [0.2, 0.25) is 0 Å². The molecule has 2 aromatic carbocycles. The SMILES string of the molecule is Cc1ccccc1-n1c(N)nc2ncn(-c3ccccc3C)c2c1=O. The zero-order valence-corrected chi connectivity index (χ0v) is 14.0. The molecule has 2 N–H and O–H groups in total.